The number of carbonyl (C=O) groups is 1. The van der Waals surface area contributed by atoms with Gasteiger partial charge in [-0.05, 0) is 11.6 Å². The SMILES string of the molecule is C=CCSCCNC(=O)C1CNc2ccccc21. The van der Waals surface area contributed by atoms with Gasteiger partial charge in [-0.3, -0.25) is 4.79 Å². The third kappa shape index (κ3) is 3.07. The molecule has 96 valence electrons. The van der Waals surface area contributed by atoms with Gasteiger partial charge in [-0.2, -0.15) is 11.8 Å². The fraction of sp³-hybridized carbons (Fsp3) is 0.357. The molecule has 4 heteroatoms. The van der Waals surface area contributed by atoms with Crippen LogP contribution in [0.3, 0.4) is 0 Å². The molecular weight excluding hydrogens is 244 g/mol. The summed E-state index contributed by atoms with van der Waals surface area (Å²) in [7, 11) is 0. The van der Waals surface area contributed by atoms with Gasteiger partial charge < -0.3 is 10.6 Å². The van der Waals surface area contributed by atoms with E-state index >= 15 is 0 Å². The first-order valence-electron chi connectivity index (χ1n) is 6.12. The molecule has 0 saturated heterocycles. The van der Waals surface area contributed by atoms with Crippen molar-refractivity contribution in [3.8, 4) is 0 Å². The second kappa shape index (κ2) is 6.50. The molecule has 0 aromatic heterocycles. The first-order valence-corrected chi connectivity index (χ1v) is 7.27. The van der Waals surface area contributed by atoms with Gasteiger partial charge in [0.05, 0.1) is 5.92 Å². The molecule has 3 nitrogen and oxygen atoms in total. The third-order valence-corrected chi connectivity index (χ3v) is 3.89. The van der Waals surface area contributed by atoms with Gasteiger partial charge in [0, 0.05) is 30.3 Å². The maximum absolute atomic E-state index is 12.1. The molecule has 2 rings (SSSR count). The fourth-order valence-corrected chi connectivity index (χ4v) is 2.63. The molecule has 1 amide bonds. The van der Waals surface area contributed by atoms with E-state index in [1.54, 1.807) is 11.8 Å². The van der Waals surface area contributed by atoms with Crippen LogP contribution in [0.2, 0.25) is 0 Å². The molecule has 0 radical (unpaired) electrons. The van der Waals surface area contributed by atoms with Crippen molar-refractivity contribution in [3.63, 3.8) is 0 Å². The third-order valence-electron chi connectivity index (χ3n) is 2.93. The van der Waals surface area contributed by atoms with Gasteiger partial charge in [-0.15, -0.1) is 6.58 Å². The van der Waals surface area contributed by atoms with E-state index < -0.39 is 0 Å². The zero-order valence-corrected chi connectivity index (χ0v) is 11.1. The predicted molar refractivity (Wildman–Crippen MR) is 78.2 cm³/mol. The second-order valence-corrected chi connectivity index (χ2v) is 5.33. The lowest BCUT2D eigenvalue weighted by Gasteiger charge is -2.10. The Labute approximate surface area is 112 Å². The number of rotatable bonds is 6. The summed E-state index contributed by atoms with van der Waals surface area (Å²) in [5.74, 6) is 1.93. The van der Waals surface area contributed by atoms with Crippen LogP contribution in [0.5, 0.6) is 0 Å². The zero-order valence-electron chi connectivity index (χ0n) is 10.3. The molecule has 1 aliphatic rings. The van der Waals surface area contributed by atoms with E-state index in [1.807, 2.05) is 30.3 Å². The highest BCUT2D eigenvalue weighted by Gasteiger charge is 2.27. The molecule has 0 saturated carbocycles. The standard InChI is InChI=1S/C14H18N2OS/c1-2-8-18-9-7-15-14(17)12-10-16-13-6-4-3-5-11(12)13/h2-6,12,16H,1,7-10H2,(H,15,17). The number of benzene rings is 1. The van der Waals surface area contributed by atoms with E-state index in [2.05, 4.69) is 17.2 Å². The quantitative estimate of drug-likeness (QED) is 0.610. The Kier molecular flexibility index (Phi) is 4.70. The number of para-hydroxylation sites is 1. The number of amides is 1. The minimum absolute atomic E-state index is 0.0504. The van der Waals surface area contributed by atoms with Crippen molar-refractivity contribution in [3.05, 3.63) is 42.5 Å². The highest BCUT2D eigenvalue weighted by molar-refractivity contribution is 7.99. The van der Waals surface area contributed by atoms with Gasteiger partial charge in [0.1, 0.15) is 0 Å². The van der Waals surface area contributed by atoms with Crippen molar-refractivity contribution in [1.29, 1.82) is 0 Å². The highest BCUT2D eigenvalue weighted by Crippen LogP contribution is 2.30. The van der Waals surface area contributed by atoms with Crippen molar-refractivity contribution >= 4 is 23.4 Å². The van der Waals surface area contributed by atoms with Gasteiger partial charge in [0.2, 0.25) is 5.91 Å². The highest BCUT2D eigenvalue weighted by atomic mass is 32.2. The number of anilines is 1. The summed E-state index contributed by atoms with van der Waals surface area (Å²) in [6.07, 6.45) is 1.88. The van der Waals surface area contributed by atoms with E-state index in [9.17, 15) is 4.79 Å². The van der Waals surface area contributed by atoms with Gasteiger partial charge in [-0.1, -0.05) is 24.3 Å². The number of thioether (sulfide) groups is 1. The van der Waals surface area contributed by atoms with Gasteiger partial charge >= 0.3 is 0 Å². The summed E-state index contributed by atoms with van der Waals surface area (Å²) in [5, 5.41) is 6.25. The first kappa shape index (κ1) is 13.0. The lowest BCUT2D eigenvalue weighted by atomic mass is 10.0. The summed E-state index contributed by atoms with van der Waals surface area (Å²) < 4.78 is 0. The van der Waals surface area contributed by atoms with Crippen molar-refractivity contribution in [2.45, 2.75) is 5.92 Å². The van der Waals surface area contributed by atoms with Crippen LogP contribution in [0.15, 0.2) is 36.9 Å². The smallest absolute Gasteiger partial charge is 0.229 e. The molecule has 0 fully saturated rings. The number of hydrogen-bond donors (Lipinski definition) is 2. The fourth-order valence-electron chi connectivity index (χ4n) is 2.05. The number of hydrogen-bond acceptors (Lipinski definition) is 3. The molecule has 1 aromatic rings. The van der Waals surface area contributed by atoms with Crippen LogP contribution in [-0.2, 0) is 4.79 Å². The maximum atomic E-state index is 12.1. The van der Waals surface area contributed by atoms with Crippen LogP contribution >= 0.6 is 11.8 Å². The molecule has 0 aliphatic carbocycles. The molecule has 0 spiro atoms. The van der Waals surface area contributed by atoms with Crippen molar-refractivity contribution in [1.82, 2.24) is 5.32 Å². The topological polar surface area (TPSA) is 41.1 Å². The van der Waals surface area contributed by atoms with Crippen LogP contribution in [0, 0.1) is 0 Å². The Morgan fingerprint density at radius 2 is 2.39 bits per heavy atom. The van der Waals surface area contributed by atoms with Crippen LogP contribution in [-0.4, -0.2) is 30.5 Å². The normalized spacial score (nSPS) is 16.8. The monoisotopic (exact) mass is 262 g/mol. The predicted octanol–water partition coefficient (Wildman–Crippen LogP) is 2.23. The van der Waals surface area contributed by atoms with E-state index in [4.69, 9.17) is 0 Å². The van der Waals surface area contributed by atoms with Crippen molar-refractivity contribution < 1.29 is 4.79 Å². The van der Waals surface area contributed by atoms with Gasteiger partial charge in [-0.25, -0.2) is 0 Å². The Balaban J connectivity index is 1.82. The second-order valence-electron chi connectivity index (χ2n) is 4.18. The molecular formula is C14H18N2OS. The summed E-state index contributed by atoms with van der Waals surface area (Å²) >= 11 is 1.77. The molecule has 2 N–H and O–H groups in total. The van der Waals surface area contributed by atoms with Crippen LogP contribution in [0.4, 0.5) is 5.69 Å². The summed E-state index contributed by atoms with van der Waals surface area (Å²) in [6.45, 7) is 5.08. The zero-order chi connectivity index (χ0) is 12.8. The molecule has 1 heterocycles. The molecule has 0 bridgehead atoms. The lowest BCUT2D eigenvalue weighted by molar-refractivity contribution is -0.122. The van der Waals surface area contributed by atoms with E-state index in [1.165, 1.54) is 0 Å². The first-order chi connectivity index (χ1) is 8.83. The maximum Gasteiger partial charge on any atom is 0.229 e. The summed E-state index contributed by atoms with van der Waals surface area (Å²) in [5.41, 5.74) is 2.19. The Morgan fingerprint density at radius 1 is 1.56 bits per heavy atom. The molecule has 18 heavy (non-hydrogen) atoms. The molecule has 1 atom stereocenters. The molecule has 1 unspecified atom stereocenters. The van der Waals surface area contributed by atoms with E-state index in [-0.39, 0.29) is 11.8 Å². The minimum atomic E-state index is -0.0504. The number of fused-ring (bicyclic) bond motifs is 1. The van der Waals surface area contributed by atoms with Crippen LogP contribution in [0.1, 0.15) is 11.5 Å². The average Bonchev–Trinajstić information content (AvgIpc) is 2.82. The van der Waals surface area contributed by atoms with E-state index in [0.29, 0.717) is 6.54 Å². The molecule has 1 aromatic carbocycles. The van der Waals surface area contributed by atoms with Crippen molar-refractivity contribution in [2.24, 2.45) is 0 Å². The average molecular weight is 262 g/mol. The van der Waals surface area contributed by atoms with Gasteiger partial charge in [0.15, 0.2) is 0 Å². The lowest BCUT2D eigenvalue weighted by Crippen LogP contribution is -2.32. The number of carbonyl (C=O) groups excluding carboxylic acids is 1. The van der Waals surface area contributed by atoms with Crippen molar-refractivity contribution in [2.75, 3.05) is 29.9 Å². The Hall–Kier alpha value is -1.42. The minimum Gasteiger partial charge on any atom is -0.384 e. The Morgan fingerprint density at radius 3 is 3.22 bits per heavy atom. The largest absolute Gasteiger partial charge is 0.384 e. The Bertz CT molecular complexity index is 434. The van der Waals surface area contributed by atoms with Gasteiger partial charge in [0.25, 0.3) is 0 Å². The van der Waals surface area contributed by atoms with Crippen LogP contribution < -0.4 is 10.6 Å². The van der Waals surface area contributed by atoms with Crippen LogP contribution in [0.25, 0.3) is 0 Å². The summed E-state index contributed by atoms with van der Waals surface area (Å²) in [6, 6.07) is 8.00. The summed E-state index contributed by atoms with van der Waals surface area (Å²) in [4.78, 5) is 12.1. The number of nitrogens with one attached hydrogen (secondary N) is 2. The molecule has 1 aliphatic heterocycles. The van der Waals surface area contributed by atoms with E-state index in [0.717, 1.165) is 29.3 Å².